The molecule has 0 radical (unpaired) electrons. The Balaban J connectivity index is 2.26. The fourth-order valence-corrected chi connectivity index (χ4v) is 7.99. The molecule has 0 aromatic heterocycles. The summed E-state index contributed by atoms with van der Waals surface area (Å²) in [5.41, 5.74) is 0. The van der Waals surface area contributed by atoms with Crippen LogP contribution in [0.3, 0.4) is 0 Å². The second kappa shape index (κ2) is 25.0. The van der Waals surface area contributed by atoms with E-state index in [9.17, 15) is 0 Å². The van der Waals surface area contributed by atoms with Gasteiger partial charge in [-0.15, -0.1) is 0 Å². The molecule has 0 amide bonds. The van der Waals surface area contributed by atoms with Crippen LogP contribution in [-0.2, 0) is 14.2 Å². The van der Waals surface area contributed by atoms with Crippen molar-refractivity contribution in [3.8, 4) is 0 Å². The van der Waals surface area contributed by atoms with E-state index < -0.39 is 11.6 Å². The van der Waals surface area contributed by atoms with Crippen molar-refractivity contribution in [2.45, 2.75) is 232 Å². The van der Waals surface area contributed by atoms with Crippen molar-refractivity contribution in [1.29, 1.82) is 0 Å². The number of hydrogen-bond acceptors (Lipinski definition) is 3. The van der Waals surface area contributed by atoms with E-state index in [0.717, 1.165) is 26.1 Å². The van der Waals surface area contributed by atoms with Gasteiger partial charge in [-0.25, -0.2) is 0 Å². The Hall–Kier alpha value is -0.120. The van der Waals surface area contributed by atoms with Gasteiger partial charge in [0.25, 0.3) is 0 Å². The van der Waals surface area contributed by atoms with Crippen molar-refractivity contribution >= 4 is 0 Å². The van der Waals surface area contributed by atoms with Crippen LogP contribution < -0.4 is 0 Å². The highest BCUT2D eigenvalue weighted by Crippen LogP contribution is 2.48. The highest BCUT2D eigenvalue weighted by molar-refractivity contribution is 4.91. The van der Waals surface area contributed by atoms with Gasteiger partial charge in [-0.2, -0.15) is 0 Å². The summed E-state index contributed by atoms with van der Waals surface area (Å²) < 4.78 is 21.6. The van der Waals surface area contributed by atoms with Crippen LogP contribution in [0.1, 0.15) is 220 Å². The van der Waals surface area contributed by atoms with E-state index in [4.69, 9.17) is 14.2 Å². The first kappa shape index (κ1) is 39.1. The van der Waals surface area contributed by atoms with E-state index in [1.807, 2.05) is 0 Å². The lowest BCUT2D eigenvalue weighted by Gasteiger charge is -2.52. The average molecular weight is 607 g/mol. The molecule has 2 saturated heterocycles. The largest absolute Gasteiger partial charge is 0.349 e. The lowest BCUT2D eigenvalue weighted by atomic mass is 9.80. The van der Waals surface area contributed by atoms with Crippen molar-refractivity contribution in [3.63, 3.8) is 0 Å². The van der Waals surface area contributed by atoms with E-state index >= 15 is 0 Å². The molecule has 2 rings (SSSR count). The molecule has 2 heterocycles. The summed E-state index contributed by atoms with van der Waals surface area (Å²) in [7, 11) is 0. The molecule has 3 heteroatoms. The normalized spacial score (nSPS) is 24.3. The maximum atomic E-state index is 7.69. The molecule has 2 aliphatic rings. The van der Waals surface area contributed by atoms with Gasteiger partial charge in [0.1, 0.15) is 0 Å². The van der Waals surface area contributed by atoms with Gasteiger partial charge >= 0.3 is 0 Å². The Labute approximate surface area is 270 Å². The van der Waals surface area contributed by atoms with Gasteiger partial charge in [0.05, 0.1) is 13.2 Å². The van der Waals surface area contributed by atoms with Gasteiger partial charge in [-0.3, -0.25) is 0 Å². The van der Waals surface area contributed by atoms with E-state index in [1.165, 1.54) is 180 Å². The van der Waals surface area contributed by atoms with E-state index in [1.54, 1.807) is 0 Å². The topological polar surface area (TPSA) is 27.7 Å². The standard InChI is InChI=1S/C40H78O3/c1-5-9-13-17-19-23-31-37(29-21-15-11-7-3)39(33-25-27-35-41-39)43-40(34-26-28-36-42-40)38(30-22-16-12-8-4)32-24-20-18-14-10-6-2/h37-38H,5-36H2,1-4H3. The Morgan fingerprint density at radius 1 is 0.419 bits per heavy atom. The van der Waals surface area contributed by atoms with Crippen molar-refractivity contribution < 1.29 is 14.2 Å². The zero-order valence-electron chi connectivity index (χ0n) is 30.0. The predicted octanol–water partition coefficient (Wildman–Crippen LogP) is 13.5. The molecule has 0 N–H and O–H groups in total. The van der Waals surface area contributed by atoms with Gasteiger partial charge in [-0.1, -0.05) is 156 Å². The molecule has 0 aliphatic carbocycles. The fraction of sp³-hybridized carbons (Fsp3) is 1.00. The van der Waals surface area contributed by atoms with Crippen molar-refractivity contribution in [1.82, 2.24) is 0 Å². The van der Waals surface area contributed by atoms with Crippen LogP contribution in [0.4, 0.5) is 0 Å². The Bertz CT molecular complexity index is 555. The average Bonchev–Trinajstić information content (AvgIpc) is 3.03. The Morgan fingerprint density at radius 3 is 1.02 bits per heavy atom. The first-order valence-corrected chi connectivity index (χ1v) is 20.1. The van der Waals surface area contributed by atoms with Crippen LogP contribution in [-0.4, -0.2) is 24.8 Å². The van der Waals surface area contributed by atoms with Gasteiger partial charge < -0.3 is 14.2 Å². The second-order valence-corrected chi connectivity index (χ2v) is 14.5. The maximum absolute atomic E-state index is 7.69. The summed E-state index contributed by atoms with van der Waals surface area (Å²) in [6.45, 7) is 11.0. The number of ether oxygens (including phenoxy) is 3. The number of unbranched alkanes of at least 4 members (excludes halogenated alkanes) is 16. The minimum absolute atomic E-state index is 0.450. The number of hydrogen-bond donors (Lipinski definition) is 0. The van der Waals surface area contributed by atoms with Crippen LogP contribution >= 0.6 is 0 Å². The minimum Gasteiger partial charge on any atom is -0.349 e. The summed E-state index contributed by atoms with van der Waals surface area (Å²) in [5.74, 6) is 0.0863. The molecule has 0 aromatic carbocycles. The lowest BCUT2D eigenvalue weighted by molar-refractivity contribution is -0.408. The molecule has 4 unspecified atom stereocenters. The van der Waals surface area contributed by atoms with Crippen molar-refractivity contribution in [2.75, 3.05) is 13.2 Å². The third kappa shape index (κ3) is 15.3. The minimum atomic E-state index is -0.450. The van der Waals surface area contributed by atoms with Crippen LogP contribution in [0, 0.1) is 11.8 Å². The molecule has 3 nitrogen and oxygen atoms in total. The third-order valence-corrected chi connectivity index (χ3v) is 10.7. The number of rotatable bonds is 28. The lowest BCUT2D eigenvalue weighted by Crippen LogP contribution is -2.57. The summed E-state index contributed by atoms with van der Waals surface area (Å²) in [6.07, 6.45) is 38.9. The zero-order chi connectivity index (χ0) is 30.9. The SMILES string of the molecule is CCCCCCCCC(CCCCCC)C1(OC2(C(CCCCCC)CCCCCCCC)CCCCO2)CCCCO1. The van der Waals surface area contributed by atoms with Crippen LogP contribution in [0.25, 0.3) is 0 Å². The summed E-state index contributed by atoms with van der Waals surface area (Å²) in [6, 6.07) is 0. The van der Waals surface area contributed by atoms with Gasteiger partial charge in [0.2, 0.25) is 0 Å². The van der Waals surface area contributed by atoms with Gasteiger partial charge in [0, 0.05) is 24.7 Å². The highest BCUT2D eigenvalue weighted by atomic mass is 16.8. The van der Waals surface area contributed by atoms with Crippen molar-refractivity contribution in [3.05, 3.63) is 0 Å². The van der Waals surface area contributed by atoms with Gasteiger partial charge in [-0.05, 0) is 51.4 Å². The molecule has 0 saturated carbocycles. The van der Waals surface area contributed by atoms with E-state index in [2.05, 4.69) is 27.7 Å². The van der Waals surface area contributed by atoms with Gasteiger partial charge in [0.15, 0.2) is 11.6 Å². The quantitative estimate of drug-likeness (QED) is 0.0829. The first-order chi connectivity index (χ1) is 21.2. The summed E-state index contributed by atoms with van der Waals surface area (Å²) >= 11 is 0. The van der Waals surface area contributed by atoms with E-state index in [-0.39, 0.29) is 0 Å². The zero-order valence-corrected chi connectivity index (χ0v) is 30.0. The van der Waals surface area contributed by atoms with Crippen LogP contribution in [0.2, 0.25) is 0 Å². The molecule has 0 spiro atoms. The molecule has 0 bridgehead atoms. The van der Waals surface area contributed by atoms with Crippen LogP contribution in [0.15, 0.2) is 0 Å². The maximum Gasteiger partial charge on any atom is 0.174 e. The smallest absolute Gasteiger partial charge is 0.174 e. The Morgan fingerprint density at radius 2 is 0.721 bits per heavy atom. The Kier molecular flexibility index (Phi) is 22.7. The summed E-state index contributed by atoms with van der Waals surface area (Å²) in [5, 5.41) is 0. The predicted molar refractivity (Wildman–Crippen MR) is 187 cm³/mol. The molecule has 4 atom stereocenters. The molecular weight excluding hydrogens is 528 g/mol. The third-order valence-electron chi connectivity index (χ3n) is 10.7. The fourth-order valence-electron chi connectivity index (χ4n) is 7.99. The first-order valence-electron chi connectivity index (χ1n) is 20.1. The molecule has 2 aliphatic heterocycles. The molecular formula is C40H78O3. The molecule has 43 heavy (non-hydrogen) atoms. The molecule has 0 aromatic rings. The second-order valence-electron chi connectivity index (χ2n) is 14.5. The molecule has 256 valence electrons. The monoisotopic (exact) mass is 607 g/mol. The summed E-state index contributed by atoms with van der Waals surface area (Å²) in [4.78, 5) is 0. The van der Waals surface area contributed by atoms with Crippen LogP contribution in [0.5, 0.6) is 0 Å². The highest BCUT2D eigenvalue weighted by Gasteiger charge is 2.52. The van der Waals surface area contributed by atoms with Crippen molar-refractivity contribution in [2.24, 2.45) is 11.8 Å². The molecule has 2 fully saturated rings. The van der Waals surface area contributed by atoms with E-state index in [0.29, 0.717) is 11.8 Å².